The number of halogens is 1. The highest BCUT2D eigenvalue weighted by atomic mass is 19.1. The van der Waals surface area contributed by atoms with Crippen LogP contribution in [0.3, 0.4) is 0 Å². The predicted octanol–water partition coefficient (Wildman–Crippen LogP) is 2.78. The molecule has 0 aromatic heterocycles. The zero-order chi connectivity index (χ0) is 15.3. The zero-order valence-corrected chi connectivity index (χ0v) is 12.3. The van der Waals surface area contributed by atoms with Gasteiger partial charge in [0.25, 0.3) is 0 Å². The first-order valence-electron chi connectivity index (χ1n) is 6.91. The SMILES string of the molecule is CC[C@H](C)[C@H](CC(=O)Cc1ccc(C)cc1F)C(N)=O. The van der Waals surface area contributed by atoms with Gasteiger partial charge in [-0.25, -0.2) is 4.39 Å². The molecule has 0 aliphatic rings. The van der Waals surface area contributed by atoms with Crippen molar-refractivity contribution in [2.45, 2.75) is 40.0 Å². The molecule has 0 radical (unpaired) electrons. The topological polar surface area (TPSA) is 60.2 Å². The van der Waals surface area contributed by atoms with Crippen molar-refractivity contribution < 1.29 is 14.0 Å². The summed E-state index contributed by atoms with van der Waals surface area (Å²) in [5.74, 6) is -1.41. The Morgan fingerprint density at radius 3 is 2.50 bits per heavy atom. The van der Waals surface area contributed by atoms with Crippen molar-refractivity contribution in [1.82, 2.24) is 0 Å². The van der Waals surface area contributed by atoms with Crippen molar-refractivity contribution in [3.63, 3.8) is 0 Å². The maximum atomic E-state index is 13.7. The largest absolute Gasteiger partial charge is 0.369 e. The minimum absolute atomic E-state index is 0.00628. The molecule has 4 heteroatoms. The molecule has 0 heterocycles. The third-order valence-corrected chi connectivity index (χ3v) is 3.74. The number of carbonyl (C=O) groups excluding carboxylic acids is 2. The van der Waals surface area contributed by atoms with Gasteiger partial charge >= 0.3 is 0 Å². The molecule has 0 bridgehead atoms. The van der Waals surface area contributed by atoms with Crippen molar-refractivity contribution in [3.8, 4) is 0 Å². The lowest BCUT2D eigenvalue weighted by atomic mass is 9.86. The number of benzene rings is 1. The molecule has 1 rings (SSSR count). The number of hydrogen-bond acceptors (Lipinski definition) is 2. The van der Waals surface area contributed by atoms with E-state index in [4.69, 9.17) is 5.73 Å². The lowest BCUT2D eigenvalue weighted by Crippen LogP contribution is -2.31. The molecule has 3 nitrogen and oxygen atoms in total. The molecule has 2 atom stereocenters. The lowest BCUT2D eigenvalue weighted by molar-refractivity contribution is -0.128. The van der Waals surface area contributed by atoms with Crippen molar-refractivity contribution in [2.75, 3.05) is 0 Å². The number of amides is 1. The van der Waals surface area contributed by atoms with Crippen molar-refractivity contribution in [3.05, 3.63) is 35.1 Å². The van der Waals surface area contributed by atoms with Crippen LogP contribution in [-0.4, -0.2) is 11.7 Å². The monoisotopic (exact) mass is 279 g/mol. The molecular formula is C16H22FNO2. The van der Waals surface area contributed by atoms with E-state index in [1.54, 1.807) is 19.1 Å². The van der Waals surface area contributed by atoms with Crippen LogP contribution in [0.2, 0.25) is 0 Å². The second-order valence-corrected chi connectivity index (χ2v) is 5.41. The second-order valence-electron chi connectivity index (χ2n) is 5.41. The summed E-state index contributed by atoms with van der Waals surface area (Å²) in [5.41, 5.74) is 6.52. The molecule has 0 spiro atoms. The molecule has 1 aromatic rings. The summed E-state index contributed by atoms with van der Waals surface area (Å²) >= 11 is 0. The highest BCUT2D eigenvalue weighted by Gasteiger charge is 2.24. The van der Waals surface area contributed by atoms with Gasteiger partial charge in [-0.2, -0.15) is 0 Å². The Morgan fingerprint density at radius 1 is 1.35 bits per heavy atom. The number of primary amides is 1. The van der Waals surface area contributed by atoms with Gasteiger partial charge in [0.05, 0.1) is 0 Å². The zero-order valence-electron chi connectivity index (χ0n) is 12.3. The maximum absolute atomic E-state index is 13.7. The molecule has 2 N–H and O–H groups in total. The van der Waals surface area contributed by atoms with Crippen LogP contribution < -0.4 is 5.73 Å². The van der Waals surface area contributed by atoms with Crippen LogP contribution in [0.25, 0.3) is 0 Å². The van der Waals surface area contributed by atoms with Gasteiger partial charge in [0, 0.05) is 18.8 Å². The molecule has 0 aliphatic heterocycles. The van der Waals surface area contributed by atoms with Gasteiger partial charge in [-0.1, -0.05) is 32.4 Å². The Kier molecular flexibility index (Phi) is 5.86. The number of hydrogen-bond donors (Lipinski definition) is 1. The van der Waals surface area contributed by atoms with Gasteiger partial charge in [0.2, 0.25) is 5.91 Å². The van der Waals surface area contributed by atoms with Crippen LogP contribution in [0, 0.1) is 24.6 Å². The first-order chi connectivity index (χ1) is 9.35. The fourth-order valence-electron chi connectivity index (χ4n) is 2.19. The van der Waals surface area contributed by atoms with E-state index in [0.717, 1.165) is 12.0 Å². The van der Waals surface area contributed by atoms with Crippen LogP contribution in [0.1, 0.15) is 37.8 Å². The number of ketones is 1. The van der Waals surface area contributed by atoms with Gasteiger partial charge in [0.15, 0.2) is 0 Å². The summed E-state index contributed by atoms with van der Waals surface area (Å²) in [6, 6.07) is 4.79. The van der Waals surface area contributed by atoms with E-state index in [1.165, 1.54) is 6.07 Å². The molecule has 1 amide bonds. The molecular weight excluding hydrogens is 257 g/mol. The minimum atomic E-state index is -0.471. The average molecular weight is 279 g/mol. The third kappa shape index (κ3) is 4.44. The molecule has 0 saturated carbocycles. The van der Waals surface area contributed by atoms with Gasteiger partial charge in [-0.3, -0.25) is 9.59 Å². The van der Waals surface area contributed by atoms with Crippen molar-refractivity contribution >= 4 is 11.7 Å². The molecule has 1 aromatic carbocycles. The molecule has 0 saturated heterocycles. The van der Waals surface area contributed by atoms with Crippen molar-refractivity contribution in [2.24, 2.45) is 17.6 Å². The normalized spacial score (nSPS) is 13.8. The Bertz CT molecular complexity index is 499. The number of Topliss-reactive ketones (excluding diaryl/α,β-unsaturated/α-hetero) is 1. The molecule has 0 fully saturated rings. The summed E-state index contributed by atoms with van der Waals surface area (Å²) in [7, 11) is 0. The predicted molar refractivity (Wildman–Crippen MR) is 76.6 cm³/mol. The molecule has 110 valence electrons. The van der Waals surface area contributed by atoms with E-state index in [1.807, 2.05) is 13.8 Å². The Labute approximate surface area is 119 Å². The number of rotatable bonds is 7. The van der Waals surface area contributed by atoms with E-state index >= 15 is 0 Å². The van der Waals surface area contributed by atoms with Gasteiger partial charge in [-0.05, 0) is 30.0 Å². The summed E-state index contributed by atoms with van der Waals surface area (Å²) < 4.78 is 13.7. The standard InChI is InChI=1S/C16H22FNO2/c1-4-11(3)14(16(18)20)9-13(19)8-12-6-5-10(2)7-15(12)17/h5-7,11,14H,4,8-9H2,1-3H3,(H2,18,20)/t11-,14-/m0/s1. The summed E-state index contributed by atoms with van der Waals surface area (Å²) in [4.78, 5) is 23.4. The van der Waals surface area contributed by atoms with Crippen LogP contribution in [0.15, 0.2) is 18.2 Å². The highest BCUT2D eigenvalue weighted by Crippen LogP contribution is 2.20. The van der Waals surface area contributed by atoms with Crippen LogP contribution in [0.5, 0.6) is 0 Å². The molecule has 0 unspecified atom stereocenters. The fourth-order valence-corrected chi connectivity index (χ4v) is 2.19. The van der Waals surface area contributed by atoms with Crippen LogP contribution >= 0.6 is 0 Å². The summed E-state index contributed by atoms with van der Waals surface area (Å²) in [6.45, 7) is 5.64. The summed E-state index contributed by atoms with van der Waals surface area (Å²) in [5, 5.41) is 0. The Hall–Kier alpha value is -1.71. The molecule has 20 heavy (non-hydrogen) atoms. The number of aryl methyl sites for hydroxylation is 1. The number of carbonyl (C=O) groups is 2. The Balaban J connectivity index is 2.73. The van der Waals surface area contributed by atoms with E-state index < -0.39 is 11.8 Å². The maximum Gasteiger partial charge on any atom is 0.221 e. The quantitative estimate of drug-likeness (QED) is 0.834. The first-order valence-corrected chi connectivity index (χ1v) is 6.91. The average Bonchev–Trinajstić information content (AvgIpc) is 2.38. The van der Waals surface area contributed by atoms with Crippen molar-refractivity contribution in [1.29, 1.82) is 0 Å². The van der Waals surface area contributed by atoms with Crippen LogP contribution in [0.4, 0.5) is 4.39 Å². The highest BCUT2D eigenvalue weighted by molar-refractivity contribution is 5.87. The lowest BCUT2D eigenvalue weighted by Gasteiger charge is -2.18. The van der Waals surface area contributed by atoms with Gasteiger partial charge in [0.1, 0.15) is 11.6 Å². The van der Waals surface area contributed by atoms with E-state index in [9.17, 15) is 14.0 Å². The van der Waals surface area contributed by atoms with E-state index in [-0.39, 0.29) is 30.4 Å². The second kappa shape index (κ2) is 7.17. The minimum Gasteiger partial charge on any atom is -0.369 e. The smallest absolute Gasteiger partial charge is 0.221 e. The number of nitrogens with two attached hydrogens (primary N) is 1. The van der Waals surface area contributed by atoms with E-state index in [0.29, 0.717) is 5.56 Å². The fraction of sp³-hybridized carbons (Fsp3) is 0.500. The van der Waals surface area contributed by atoms with E-state index in [2.05, 4.69) is 0 Å². The van der Waals surface area contributed by atoms with Gasteiger partial charge in [-0.15, -0.1) is 0 Å². The van der Waals surface area contributed by atoms with Crippen LogP contribution in [-0.2, 0) is 16.0 Å². The molecule has 0 aliphatic carbocycles. The summed E-state index contributed by atoms with van der Waals surface area (Å²) in [6.07, 6.45) is 0.865. The Morgan fingerprint density at radius 2 is 2.00 bits per heavy atom. The third-order valence-electron chi connectivity index (χ3n) is 3.74. The van der Waals surface area contributed by atoms with Gasteiger partial charge < -0.3 is 5.73 Å². The first kappa shape index (κ1) is 16.3.